The van der Waals surface area contributed by atoms with Crippen LogP contribution in [0.3, 0.4) is 0 Å². The molecule has 1 aromatic rings. The molecule has 0 aromatic heterocycles. The SMILES string of the molecule is CC1(C(=O)O)CCN(C(=O)CCS(=O)(=O)c2ccc3c(c2)OCCO3)C1. The molecular weight excluding hydrogens is 362 g/mol. The fourth-order valence-electron chi connectivity index (χ4n) is 3.06. The summed E-state index contributed by atoms with van der Waals surface area (Å²) in [5.74, 6) is -0.768. The lowest BCUT2D eigenvalue weighted by Gasteiger charge is -2.20. The monoisotopic (exact) mass is 383 g/mol. The van der Waals surface area contributed by atoms with E-state index in [1.54, 1.807) is 13.0 Å². The summed E-state index contributed by atoms with van der Waals surface area (Å²) in [5, 5.41) is 9.22. The van der Waals surface area contributed by atoms with Gasteiger partial charge in [0.15, 0.2) is 21.3 Å². The molecule has 2 aliphatic rings. The van der Waals surface area contributed by atoms with Crippen LogP contribution in [0.5, 0.6) is 11.5 Å². The Balaban J connectivity index is 1.64. The number of ether oxygens (including phenoxy) is 2. The zero-order valence-corrected chi connectivity index (χ0v) is 15.3. The van der Waals surface area contributed by atoms with E-state index in [0.717, 1.165) is 0 Å². The second-order valence-electron chi connectivity index (χ2n) is 6.81. The van der Waals surface area contributed by atoms with E-state index in [-0.39, 0.29) is 29.5 Å². The van der Waals surface area contributed by atoms with Crippen LogP contribution in [0.4, 0.5) is 0 Å². The predicted octanol–water partition coefficient (Wildman–Crippen LogP) is 0.945. The van der Waals surface area contributed by atoms with Gasteiger partial charge in [0.1, 0.15) is 13.2 Å². The van der Waals surface area contributed by atoms with E-state index >= 15 is 0 Å². The van der Waals surface area contributed by atoms with Crippen molar-refractivity contribution in [2.75, 3.05) is 32.1 Å². The third-order valence-electron chi connectivity index (χ3n) is 4.80. The standard InChI is InChI=1S/C17H21NO7S/c1-17(16(20)21)5-6-18(11-17)15(19)4-9-26(22,23)12-2-3-13-14(10-12)25-8-7-24-13/h2-3,10H,4-9,11H2,1H3,(H,20,21). The molecule has 0 saturated carbocycles. The third-order valence-corrected chi connectivity index (χ3v) is 6.51. The molecule has 0 aliphatic carbocycles. The number of nitrogens with zero attached hydrogens (tertiary/aromatic N) is 1. The van der Waals surface area contributed by atoms with Crippen molar-refractivity contribution in [1.82, 2.24) is 4.90 Å². The van der Waals surface area contributed by atoms with E-state index in [1.807, 2.05) is 0 Å². The molecule has 26 heavy (non-hydrogen) atoms. The van der Waals surface area contributed by atoms with Crippen molar-refractivity contribution in [3.63, 3.8) is 0 Å². The average Bonchev–Trinajstić information content (AvgIpc) is 3.03. The number of aliphatic carboxylic acids is 1. The molecule has 1 atom stereocenters. The first-order valence-electron chi connectivity index (χ1n) is 8.35. The van der Waals surface area contributed by atoms with Gasteiger partial charge in [-0.05, 0) is 25.5 Å². The van der Waals surface area contributed by atoms with E-state index in [1.165, 1.54) is 17.0 Å². The summed E-state index contributed by atoms with van der Waals surface area (Å²) in [6.45, 7) is 2.79. The number of fused-ring (bicyclic) bond motifs is 1. The molecule has 2 heterocycles. The minimum atomic E-state index is -3.66. The van der Waals surface area contributed by atoms with Crippen molar-refractivity contribution in [3.05, 3.63) is 18.2 Å². The molecule has 1 aromatic carbocycles. The smallest absolute Gasteiger partial charge is 0.311 e. The lowest BCUT2D eigenvalue weighted by atomic mass is 9.90. The topological polar surface area (TPSA) is 110 Å². The Hall–Kier alpha value is -2.29. The van der Waals surface area contributed by atoms with Gasteiger partial charge in [0, 0.05) is 25.6 Å². The molecule has 1 fully saturated rings. The number of amides is 1. The molecule has 0 spiro atoms. The van der Waals surface area contributed by atoms with Crippen molar-refractivity contribution in [3.8, 4) is 11.5 Å². The normalized spacial score (nSPS) is 22.3. The predicted molar refractivity (Wildman–Crippen MR) is 91.0 cm³/mol. The minimum Gasteiger partial charge on any atom is -0.486 e. The number of carbonyl (C=O) groups is 2. The van der Waals surface area contributed by atoms with Crippen LogP contribution >= 0.6 is 0 Å². The second-order valence-corrected chi connectivity index (χ2v) is 8.91. The van der Waals surface area contributed by atoms with Gasteiger partial charge in [-0.15, -0.1) is 0 Å². The van der Waals surface area contributed by atoms with Gasteiger partial charge in [0.2, 0.25) is 5.91 Å². The van der Waals surface area contributed by atoms with Crippen molar-refractivity contribution < 1.29 is 32.6 Å². The molecule has 8 nitrogen and oxygen atoms in total. The fourth-order valence-corrected chi connectivity index (χ4v) is 4.30. The number of carbonyl (C=O) groups excluding carboxylic acids is 1. The molecule has 0 bridgehead atoms. The van der Waals surface area contributed by atoms with Crippen LogP contribution in [0.15, 0.2) is 23.1 Å². The zero-order chi connectivity index (χ0) is 18.9. The summed E-state index contributed by atoms with van der Waals surface area (Å²) >= 11 is 0. The number of carboxylic acids is 1. The number of rotatable bonds is 5. The van der Waals surface area contributed by atoms with Crippen LogP contribution in [0.2, 0.25) is 0 Å². The highest BCUT2D eigenvalue weighted by Gasteiger charge is 2.42. The molecule has 1 saturated heterocycles. The number of sulfone groups is 1. The van der Waals surface area contributed by atoms with Gasteiger partial charge in [-0.1, -0.05) is 0 Å². The van der Waals surface area contributed by atoms with Gasteiger partial charge in [-0.3, -0.25) is 9.59 Å². The summed E-state index contributed by atoms with van der Waals surface area (Å²) in [7, 11) is -3.66. The molecule has 1 unspecified atom stereocenters. The highest BCUT2D eigenvalue weighted by atomic mass is 32.2. The maximum Gasteiger partial charge on any atom is 0.311 e. The molecule has 9 heteroatoms. The van der Waals surface area contributed by atoms with E-state index in [9.17, 15) is 23.1 Å². The maximum absolute atomic E-state index is 12.5. The van der Waals surface area contributed by atoms with Gasteiger partial charge >= 0.3 is 5.97 Å². The van der Waals surface area contributed by atoms with Crippen molar-refractivity contribution in [2.24, 2.45) is 5.41 Å². The molecule has 142 valence electrons. The molecule has 3 rings (SSSR count). The van der Waals surface area contributed by atoms with Crippen molar-refractivity contribution in [2.45, 2.75) is 24.7 Å². The van der Waals surface area contributed by atoms with E-state index < -0.39 is 21.2 Å². The van der Waals surface area contributed by atoms with E-state index in [0.29, 0.717) is 37.7 Å². The summed E-state index contributed by atoms with van der Waals surface area (Å²) in [6, 6.07) is 4.39. The van der Waals surface area contributed by atoms with E-state index in [4.69, 9.17) is 9.47 Å². The number of likely N-dealkylation sites (tertiary alicyclic amines) is 1. The Bertz CT molecular complexity index is 836. The Morgan fingerprint density at radius 3 is 2.58 bits per heavy atom. The summed E-state index contributed by atoms with van der Waals surface area (Å²) in [6.07, 6.45) is 0.176. The number of carboxylic acid groups (broad SMARTS) is 1. The van der Waals surface area contributed by atoms with Gasteiger partial charge in [0.25, 0.3) is 0 Å². The van der Waals surface area contributed by atoms with Crippen LogP contribution < -0.4 is 9.47 Å². The maximum atomic E-state index is 12.5. The number of hydrogen-bond donors (Lipinski definition) is 1. The zero-order valence-electron chi connectivity index (χ0n) is 14.4. The third kappa shape index (κ3) is 3.62. The highest BCUT2D eigenvalue weighted by Crippen LogP contribution is 2.33. The lowest BCUT2D eigenvalue weighted by Crippen LogP contribution is -2.35. The molecule has 0 radical (unpaired) electrons. The minimum absolute atomic E-state index is 0.0753. The van der Waals surface area contributed by atoms with Gasteiger partial charge in [-0.2, -0.15) is 0 Å². The van der Waals surface area contributed by atoms with Gasteiger partial charge in [0.05, 0.1) is 16.1 Å². The molecule has 1 amide bonds. The first-order valence-corrected chi connectivity index (χ1v) is 10.0. The van der Waals surface area contributed by atoms with Crippen LogP contribution in [-0.4, -0.2) is 62.4 Å². The summed E-state index contributed by atoms with van der Waals surface area (Å²) in [5.41, 5.74) is -0.968. The largest absolute Gasteiger partial charge is 0.486 e. The quantitative estimate of drug-likeness (QED) is 0.806. The molecule has 2 aliphatic heterocycles. The Morgan fingerprint density at radius 2 is 1.92 bits per heavy atom. The van der Waals surface area contributed by atoms with Crippen molar-refractivity contribution in [1.29, 1.82) is 0 Å². The summed E-state index contributed by atoms with van der Waals surface area (Å²) in [4.78, 5) is 25.0. The second kappa shape index (κ2) is 6.79. The van der Waals surface area contributed by atoms with E-state index in [2.05, 4.69) is 0 Å². The number of hydrogen-bond acceptors (Lipinski definition) is 6. The fraction of sp³-hybridized carbons (Fsp3) is 0.529. The van der Waals surface area contributed by atoms with Crippen LogP contribution in [0, 0.1) is 5.41 Å². The van der Waals surface area contributed by atoms with Crippen LogP contribution in [0.1, 0.15) is 19.8 Å². The van der Waals surface area contributed by atoms with Gasteiger partial charge < -0.3 is 19.5 Å². The number of benzene rings is 1. The summed E-state index contributed by atoms with van der Waals surface area (Å²) < 4.78 is 35.8. The first kappa shape index (κ1) is 18.5. The lowest BCUT2D eigenvalue weighted by molar-refractivity contribution is -0.147. The van der Waals surface area contributed by atoms with Gasteiger partial charge in [-0.25, -0.2) is 8.42 Å². The Kier molecular flexibility index (Phi) is 4.83. The van der Waals surface area contributed by atoms with Crippen molar-refractivity contribution >= 4 is 21.7 Å². The first-order chi connectivity index (χ1) is 12.2. The van der Waals surface area contributed by atoms with Crippen LogP contribution in [-0.2, 0) is 19.4 Å². The molecule has 1 N–H and O–H groups in total. The Labute approximate surface area is 151 Å². The average molecular weight is 383 g/mol. The Morgan fingerprint density at radius 1 is 1.23 bits per heavy atom. The van der Waals surface area contributed by atoms with Crippen LogP contribution in [0.25, 0.3) is 0 Å². The molecular formula is C17H21NO7S. The highest BCUT2D eigenvalue weighted by molar-refractivity contribution is 7.91.